The summed E-state index contributed by atoms with van der Waals surface area (Å²) in [7, 11) is 1.68. The second-order valence-corrected chi connectivity index (χ2v) is 6.44. The van der Waals surface area contributed by atoms with Crippen molar-refractivity contribution in [2.75, 3.05) is 46.5 Å². The van der Waals surface area contributed by atoms with Gasteiger partial charge in [0, 0.05) is 32.3 Å². The summed E-state index contributed by atoms with van der Waals surface area (Å²) in [6, 6.07) is 8.49. The number of rotatable bonds is 13. The van der Waals surface area contributed by atoms with E-state index in [2.05, 4.69) is 36.3 Å². The Balaban J connectivity index is 0.00000729. The van der Waals surface area contributed by atoms with Crippen molar-refractivity contribution in [2.24, 2.45) is 4.99 Å². The molecule has 6 nitrogen and oxygen atoms in total. The Morgan fingerprint density at radius 1 is 1.11 bits per heavy atom. The monoisotopic (exact) mass is 506 g/mol. The molecule has 0 aliphatic carbocycles. The molecule has 1 rings (SSSR count). The lowest BCUT2D eigenvalue weighted by atomic mass is 10.2. The van der Waals surface area contributed by atoms with E-state index in [1.54, 1.807) is 7.11 Å². The van der Waals surface area contributed by atoms with Gasteiger partial charge in [0.2, 0.25) is 0 Å². The third-order valence-corrected chi connectivity index (χ3v) is 4.54. The van der Waals surface area contributed by atoms with Gasteiger partial charge in [0.1, 0.15) is 5.75 Å². The summed E-state index contributed by atoms with van der Waals surface area (Å²) >= 11 is 0. The smallest absolute Gasteiger partial charge is 0.191 e. The van der Waals surface area contributed by atoms with Gasteiger partial charge in [0.05, 0.1) is 13.7 Å². The molecule has 0 saturated heterocycles. The molecule has 0 radical (unpaired) electrons. The van der Waals surface area contributed by atoms with E-state index in [0.29, 0.717) is 12.6 Å². The lowest BCUT2D eigenvalue weighted by molar-refractivity contribution is 0.145. The Labute approximate surface area is 188 Å². The van der Waals surface area contributed by atoms with Gasteiger partial charge in [-0.2, -0.15) is 0 Å². The maximum Gasteiger partial charge on any atom is 0.191 e. The molecule has 0 heterocycles. The Kier molecular flexibility index (Phi) is 16.2. The molecule has 0 aliphatic rings. The van der Waals surface area contributed by atoms with Crippen LogP contribution in [0.25, 0.3) is 0 Å². The molecule has 0 spiro atoms. The van der Waals surface area contributed by atoms with E-state index in [4.69, 9.17) is 14.5 Å². The second-order valence-electron chi connectivity index (χ2n) is 6.44. The molecule has 0 aliphatic heterocycles. The van der Waals surface area contributed by atoms with E-state index in [0.717, 1.165) is 63.1 Å². The van der Waals surface area contributed by atoms with E-state index in [9.17, 15) is 0 Å². The third kappa shape index (κ3) is 11.1. The van der Waals surface area contributed by atoms with E-state index < -0.39 is 0 Å². The van der Waals surface area contributed by atoms with Crippen LogP contribution >= 0.6 is 24.0 Å². The number of aliphatic imine (C=N–C) groups is 1. The van der Waals surface area contributed by atoms with Gasteiger partial charge in [-0.15, -0.1) is 24.0 Å². The first-order chi connectivity index (χ1) is 13.1. The van der Waals surface area contributed by atoms with E-state index in [-0.39, 0.29) is 24.0 Å². The van der Waals surface area contributed by atoms with Crippen LogP contribution in [0.15, 0.2) is 29.3 Å². The molecule has 2 N–H and O–H groups in total. The number of methoxy groups -OCH3 is 1. The molecule has 1 aromatic carbocycles. The summed E-state index contributed by atoms with van der Waals surface area (Å²) in [6.07, 6.45) is 0.961. The van der Waals surface area contributed by atoms with Crippen LogP contribution in [-0.2, 0) is 11.3 Å². The Bertz CT molecular complexity index is 522. The Hall–Kier alpha value is -1.06. The lowest BCUT2D eigenvalue weighted by Gasteiger charge is -2.27. The quantitative estimate of drug-likeness (QED) is 0.186. The van der Waals surface area contributed by atoms with Gasteiger partial charge < -0.3 is 20.1 Å². The molecule has 0 amide bonds. The van der Waals surface area contributed by atoms with E-state index in [1.807, 2.05) is 31.2 Å². The third-order valence-electron chi connectivity index (χ3n) is 4.54. The molecular weight excluding hydrogens is 467 g/mol. The summed E-state index contributed by atoms with van der Waals surface area (Å²) in [4.78, 5) is 7.18. The number of hydrogen-bond acceptors (Lipinski definition) is 4. The van der Waals surface area contributed by atoms with Crippen molar-refractivity contribution < 1.29 is 9.47 Å². The SMILES string of the molecule is CCOCCCNC(=NCc1ccc(OC)cc1)NCC(C)N(CC)CC.I. The number of benzene rings is 1. The predicted octanol–water partition coefficient (Wildman–Crippen LogP) is 3.51. The minimum absolute atomic E-state index is 0. The predicted molar refractivity (Wildman–Crippen MR) is 129 cm³/mol. The van der Waals surface area contributed by atoms with Crippen molar-refractivity contribution in [1.82, 2.24) is 15.5 Å². The number of hydrogen-bond donors (Lipinski definition) is 2. The molecule has 0 fully saturated rings. The number of nitrogens with one attached hydrogen (secondary N) is 2. The van der Waals surface area contributed by atoms with E-state index in [1.165, 1.54) is 0 Å². The Morgan fingerprint density at radius 3 is 2.36 bits per heavy atom. The van der Waals surface area contributed by atoms with Crippen molar-refractivity contribution in [1.29, 1.82) is 0 Å². The molecule has 162 valence electrons. The zero-order valence-electron chi connectivity index (χ0n) is 18.2. The fourth-order valence-electron chi connectivity index (χ4n) is 2.82. The van der Waals surface area contributed by atoms with Crippen LogP contribution < -0.4 is 15.4 Å². The van der Waals surface area contributed by atoms with Crippen LogP contribution in [0.3, 0.4) is 0 Å². The molecule has 0 aromatic heterocycles. The van der Waals surface area contributed by atoms with Gasteiger partial charge in [-0.3, -0.25) is 4.90 Å². The average molecular weight is 506 g/mol. The van der Waals surface area contributed by atoms with Crippen molar-refractivity contribution in [2.45, 2.75) is 46.7 Å². The van der Waals surface area contributed by atoms with Gasteiger partial charge in [-0.25, -0.2) is 4.99 Å². The fourth-order valence-corrected chi connectivity index (χ4v) is 2.82. The molecule has 0 bridgehead atoms. The van der Waals surface area contributed by atoms with Crippen LogP contribution in [0.2, 0.25) is 0 Å². The molecule has 7 heteroatoms. The highest BCUT2D eigenvalue weighted by Crippen LogP contribution is 2.11. The molecule has 1 aromatic rings. The zero-order chi connectivity index (χ0) is 19.9. The largest absolute Gasteiger partial charge is 0.497 e. The van der Waals surface area contributed by atoms with Crippen molar-refractivity contribution in [3.63, 3.8) is 0 Å². The van der Waals surface area contributed by atoms with Crippen LogP contribution in [-0.4, -0.2) is 63.4 Å². The summed E-state index contributed by atoms with van der Waals surface area (Å²) < 4.78 is 10.6. The summed E-state index contributed by atoms with van der Waals surface area (Å²) in [5.41, 5.74) is 1.16. The normalized spacial score (nSPS) is 12.4. The molecule has 28 heavy (non-hydrogen) atoms. The number of nitrogens with zero attached hydrogens (tertiary/aromatic N) is 2. The summed E-state index contributed by atoms with van der Waals surface area (Å²) in [5.74, 6) is 1.71. The van der Waals surface area contributed by atoms with Gasteiger partial charge in [0.15, 0.2) is 5.96 Å². The minimum Gasteiger partial charge on any atom is -0.497 e. The second kappa shape index (κ2) is 16.9. The van der Waals surface area contributed by atoms with Gasteiger partial charge in [-0.05, 0) is 51.1 Å². The van der Waals surface area contributed by atoms with Crippen LogP contribution in [0.4, 0.5) is 0 Å². The van der Waals surface area contributed by atoms with Gasteiger partial charge in [0.25, 0.3) is 0 Å². The first kappa shape index (κ1) is 26.9. The standard InChI is InChI=1S/C21H38N4O2.HI/c1-6-25(7-2)18(4)16-23-21(22-14-9-15-27-8-3)24-17-19-10-12-20(26-5)13-11-19;/h10-13,18H,6-9,14-17H2,1-5H3,(H2,22,23,24);1H. The highest BCUT2D eigenvalue weighted by molar-refractivity contribution is 14.0. The van der Waals surface area contributed by atoms with Crippen LogP contribution in [0.5, 0.6) is 5.75 Å². The van der Waals surface area contributed by atoms with E-state index >= 15 is 0 Å². The average Bonchev–Trinajstić information content (AvgIpc) is 2.70. The van der Waals surface area contributed by atoms with Gasteiger partial charge >= 0.3 is 0 Å². The highest BCUT2D eigenvalue weighted by Gasteiger charge is 2.10. The maximum atomic E-state index is 5.41. The van der Waals surface area contributed by atoms with Crippen LogP contribution in [0.1, 0.15) is 39.7 Å². The zero-order valence-corrected chi connectivity index (χ0v) is 20.5. The fraction of sp³-hybridized carbons (Fsp3) is 0.667. The number of ether oxygens (including phenoxy) is 2. The maximum absolute atomic E-state index is 5.41. The van der Waals surface area contributed by atoms with Crippen molar-refractivity contribution >= 4 is 29.9 Å². The topological polar surface area (TPSA) is 58.1 Å². The summed E-state index contributed by atoms with van der Waals surface area (Å²) in [6.45, 7) is 14.6. The summed E-state index contributed by atoms with van der Waals surface area (Å²) in [5, 5.41) is 6.90. The highest BCUT2D eigenvalue weighted by atomic mass is 127. The number of likely N-dealkylation sites (N-methyl/N-ethyl adjacent to an activating group) is 1. The first-order valence-corrected chi connectivity index (χ1v) is 10.1. The molecule has 1 atom stereocenters. The number of halogens is 1. The van der Waals surface area contributed by atoms with Crippen molar-refractivity contribution in [3.05, 3.63) is 29.8 Å². The number of guanidine groups is 1. The first-order valence-electron chi connectivity index (χ1n) is 10.1. The molecular formula is C21H39IN4O2. The van der Waals surface area contributed by atoms with Crippen LogP contribution in [0, 0.1) is 0 Å². The molecule has 1 unspecified atom stereocenters. The van der Waals surface area contributed by atoms with Crippen molar-refractivity contribution in [3.8, 4) is 5.75 Å². The Morgan fingerprint density at radius 2 is 1.79 bits per heavy atom. The minimum atomic E-state index is 0. The lowest BCUT2D eigenvalue weighted by Crippen LogP contribution is -2.46. The van der Waals surface area contributed by atoms with Gasteiger partial charge in [-0.1, -0.05) is 26.0 Å². The molecule has 0 saturated carbocycles.